The summed E-state index contributed by atoms with van der Waals surface area (Å²) in [6.45, 7) is 1.05. The second-order valence-electron chi connectivity index (χ2n) is 6.19. The summed E-state index contributed by atoms with van der Waals surface area (Å²) in [6, 6.07) is 0.529. The molecule has 0 radical (unpaired) electrons. The molecule has 0 unspecified atom stereocenters. The summed E-state index contributed by atoms with van der Waals surface area (Å²) in [7, 11) is 6.27. The van der Waals surface area contributed by atoms with Gasteiger partial charge in [-0.3, -0.25) is 0 Å². The number of rotatable bonds is 4. The Labute approximate surface area is 142 Å². The average Bonchev–Trinajstić information content (AvgIpc) is 2.52. The third kappa shape index (κ3) is 5.26. The minimum atomic E-state index is 0.529. The number of hydrogen-bond acceptors (Lipinski definition) is 4. The molecule has 120 valence electrons. The molecular formula is C17H25BrN4. The third-order valence-corrected chi connectivity index (χ3v) is 4.57. The molecule has 1 heterocycles. The fraction of sp³-hybridized carbons (Fsp3) is 0.647. The number of anilines is 1. The molecule has 22 heavy (non-hydrogen) atoms. The third-order valence-electron chi connectivity index (χ3n) is 4.16. The first-order chi connectivity index (χ1) is 10.6. The molecule has 1 aliphatic carbocycles. The molecular weight excluding hydrogens is 340 g/mol. The van der Waals surface area contributed by atoms with Crippen molar-refractivity contribution in [3.8, 4) is 11.8 Å². The van der Waals surface area contributed by atoms with E-state index >= 15 is 0 Å². The topological polar surface area (TPSA) is 32.3 Å². The summed E-state index contributed by atoms with van der Waals surface area (Å²) < 4.78 is 0.918. The lowest BCUT2D eigenvalue weighted by Crippen LogP contribution is -2.36. The second-order valence-corrected chi connectivity index (χ2v) is 7.11. The van der Waals surface area contributed by atoms with Crippen molar-refractivity contribution in [2.24, 2.45) is 5.92 Å². The molecule has 0 spiro atoms. The van der Waals surface area contributed by atoms with Gasteiger partial charge in [0.15, 0.2) is 0 Å². The minimum Gasteiger partial charge on any atom is -0.341 e. The molecule has 0 aromatic carbocycles. The highest BCUT2D eigenvalue weighted by Crippen LogP contribution is 2.28. The average molecular weight is 365 g/mol. The zero-order chi connectivity index (χ0) is 15.9. The number of nitrogens with zero attached hydrogens (tertiary/aromatic N) is 4. The fourth-order valence-corrected chi connectivity index (χ4v) is 2.96. The summed E-state index contributed by atoms with van der Waals surface area (Å²) in [5.41, 5.74) is 0. The zero-order valence-corrected chi connectivity index (χ0v) is 15.3. The maximum Gasteiger partial charge on any atom is 0.225 e. The van der Waals surface area contributed by atoms with Gasteiger partial charge in [0, 0.05) is 44.4 Å². The van der Waals surface area contributed by atoms with Crippen molar-refractivity contribution in [1.82, 2.24) is 14.9 Å². The van der Waals surface area contributed by atoms with E-state index in [1.165, 1.54) is 25.7 Å². The predicted octanol–water partition coefficient (Wildman–Crippen LogP) is 3.19. The van der Waals surface area contributed by atoms with Gasteiger partial charge in [-0.25, -0.2) is 9.97 Å². The van der Waals surface area contributed by atoms with E-state index in [2.05, 4.69) is 68.7 Å². The van der Waals surface area contributed by atoms with Gasteiger partial charge in [-0.05, 0) is 55.7 Å². The van der Waals surface area contributed by atoms with Crippen LogP contribution >= 0.6 is 15.9 Å². The van der Waals surface area contributed by atoms with Gasteiger partial charge in [0.1, 0.15) is 0 Å². The molecule has 0 atom stereocenters. The van der Waals surface area contributed by atoms with Crippen LogP contribution in [0.25, 0.3) is 0 Å². The van der Waals surface area contributed by atoms with Crippen LogP contribution in [0.2, 0.25) is 0 Å². The molecule has 1 aromatic rings. The van der Waals surface area contributed by atoms with Gasteiger partial charge < -0.3 is 9.80 Å². The van der Waals surface area contributed by atoms with Crippen LogP contribution in [0, 0.1) is 17.8 Å². The van der Waals surface area contributed by atoms with E-state index in [4.69, 9.17) is 0 Å². The first-order valence-corrected chi connectivity index (χ1v) is 8.69. The van der Waals surface area contributed by atoms with Gasteiger partial charge in [0.05, 0.1) is 4.47 Å². The number of aromatic nitrogens is 2. The lowest BCUT2D eigenvalue weighted by atomic mass is 9.86. The van der Waals surface area contributed by atoms with E-state index in [0.717, 1.165) is 23.4 Å². The first kappa shape index (κ1) is 17.2. The van der Waals surface area contributed by atoms with E-state index in [-0.39, 0.29) is 0 Å². The highest BCUT2D eigenvalue weighted by Gasteiger charge is 2.24. The molecule has 0 bridgehead atoms. The maximum atomic E-state index is 4.38. The van der Waals surface area contributed by atoms with Crippen LogP contribution in [-0.4, -0.2) is 48.6 Å². The molecule has 0 N–H and O–H groups in total. The summed E-state index contributed by atoms with van der Waals surface area (Å²) in [5.74, 6) is 8.16. The van der Waals surface area contributed by atoms with E-state index in [1.807, 2.05) is 0 Å². The lowest BCUT2D eigenvalue weighted by molar-refractivity contribution is 0.371. The zero-order valence-electron chi connectivity index (χ0n) is 13.7. The Bertz CT molecular complexity index is 510. The molecule has 1 fully saturated rings. The Morgan fingerprint density at radius 2 is 1.77 bits per heavy atom. The Hall–Kier alpha value is -1.12. The molecule has 0 saturated heterocycles. The number of halogens is 1. The standard InChI is InChI=1S/C17H25BrN4/c1-21(2)11-5-4-6-14-7-9-16(10-8-14)22(3)17-19-12-15(18)13-20-17/h12-14,16H,5,7-11H2,1-3H3/t14-,16-. The molecule has 5 heteroatoms. The van der Waals surface area contributed by atoms with Crippen LogP contribution in [0.15, 0.2) is 16.9 Å². The SMILES string of the molecule is CN(C)CCC#C[C@H]1CC[C@H](N(C)c2ncc(Br)cn2)CC1. The van der Waals surface area contributed by atoms with Crippen molar-refractivity contribution < 1.29 is 0 Å². The Morgan fingerprint density at radius 3 is 2.36 bits per heavy atom. The molecule has 0 aliphatic heterocycles. The van der Waals surface area contributed by atoms with Crippen molar-refractivity contribution >= 4 is 21.9 Å². The highest BCUT2D eigenvalue weighted by atomic mass is 79.9. The van der Waals surface area contributed by atoms with Gasteiger partial charge in [0.2, 0.25) is 5.95 Å². The molecule has 1 saturated carbocycles. The maximum absolute atomic E-state index is 4.38. The largest absolute Gasteiger partial charge is 0.341 e. The monoisotopic (exact) mass is 364 g/mol. The Balaban J connectivity index is 1.80. The van der Waals surface area contributed by atoms with Crippen LogP contribution in [-0.2, 0) is 0 Å². The smallest absolute Gasteiger partial charge is 0.225 e. The summed E-state index contributed by atoms with van der Waals surface area (Å²) in [4.78, 5) is 13.2. The molecule has 2 rings (SSSR count). The minimum absolute atomic E-state index is 0.529. The van der Waals surface area contributed by atoms with E-state index in [0.29, 0.717) is 12.0 Å². The van der Waals surface area contributed by atoms with E-state index in [9.17, 15) is 0 Å². The number of hydrogen-bond donors (Lipinski definition) is 0. The van der Waals surface area contributed by atoms with Crippen LogP contribution in [0.5, 0.6) is 0 Å². The van der Waals surface area contributed by atoms with Crippen LogP contribution in [0.1, 0.15) is 32.1 Å². The Kier molecular flexibility index (Phi) is 6.66. The fourth-order valence-electron chi connectivity index (χ4n) is 2.75. The molecule has 1 aliphatic rings. The molecule has 1 aromatic heterocycles. The van der Waals surface area contributed by atoms with E-state index < -0.39 is 0 Å². The van der Waals surface area contributed by atoms with Crippen LogP contribution in [0.4, 0.5) is 5.95 Å². The van der Waals surface area contributed by atoms with Crippen LogP contribution < -0.4 is 4.90 Å². The van der Waals surface area contributed by atoms with Crippen molar-refractivity contribution in [3.63, 3.8) is 0 Å². The normalized spacial score (nSPS) is 21.3. The van der Waals surface area contributed by atoms with Crippen LogP contribution in [0.3, 0.4) is 0 Å². The van der Waals surface area contributed by atoms with Gasteiger partial charge in [-0.1, -0.05) is 5.92 Å². The quantitative estimate of drug-likeness (QED) is 0.768. The lowest BCUT2D eigenvalue weighted by Gasteiger charge is -2.33. The first-order valence-electron chi connectivity index (χ1n) is 7.89. The summed E-state index contributed by atoms with van der Waals surface area (Å²) in [6.07, 6.45) is 9.29. The Morgan fingerprint density at radius 1 is 1.14 bits per heavy atom. The van der Waals surface area contributed by atoms with Crippen molar-refractivity contribution in [2.75, 3.05) is 32.6 Å². The van der Waals surface area contributed by atoms with Gasteiger partial charge in [-0.2, -0.15) is 0 Å². The second kappa shape index (κ2) is 8.50. The van der Waals surface area contributed by atoms with Crippen molar-refractivity contribution in [1.29, 1.82) is 0 Å². The van der Waals surface area contributed by atoms with Gasteiger partial charge >= 0.3 is 0 Å². The van der Waals surface area contributed by atoms with Gasteiger partial charge in [-0.15, -0.1) is 5.92 Å². The summed E-state index contributed by atoms with van der Waals surface area (Å²) >= 11 is 3.38. The van der Waals surface area contributed by atoms with Crippen molar-refractivity contribution in [3.05, 3.63) is 16.9 Å². The molecule has 0 amide bonds. The highest BCUT2D eigenvalue weighted by molar-refractivity contribution is 9.10. The van der Waals surface area contributed by atoms with Crippen molar-refractivity contribution in [2.45, 2.75) is 38.1 Å². The molecule has 4 nitrogen and oxygen atoms in total. The predicted molar refractivity (Wildman–Crippen MR) is 94.8 cm³/mol. The summed E-state index contributed by atoms with van der Waals surface area (Å²) in [5, 5.41) is 0. The van der Waals surface area contributed by atoms with Gasteiger partial charge in [0.25, 0.3) is 0 Å². The van der Waals surface area contributed by atoms with E-state index in [1.54, 1.807) is 12.4 Å².